The summed E-state index contributed by atoms with van der Waals surface area (Å²) in [6.45, 7) is 1.63. The summed E-state index contributed by atoms with van der Waals surface area (Å²) in [5, 5.41) is 6.27. The number of hydrogen-bond acceptors (Lipinski definition) is 3. The predicted octanol–water partition coefficient (Wildman–Crippen LogP) is 0.477. The molecule has 0 radical (unpaired) electrons. The molecule has 2 N–H and O–H groups in total. The number of nitrogens with one attached hydrogen (secondary N) is 2. The molecule has 0 saturated carbocycles. The van der Waals surface area contributed by atoms with Crippen LogP contribution < -0.4 is 10.6 Å². The smallest absolute Gasteiger partial charge is 0.224 e. The fraction of sp³-hybridized carbons (Fsp3) is 0.727. The van der Waals surface area contributed by atoms with Gasteiger partial charge in [0.2, 0.25) is 5.91 Å². The van der Waals surface area contributed by atoms with E-state index in [0.717, 1.165) is 25.9 Å². The van der Waals surface area contributed by atoms with Crippen LogP contribution in [0.15, 0.2) is 12.2 Å². The van der Waals surface area contributed by atoms with E-state index in [9.17, 15) is 4.79 Å². The van der Waals surface area contributed by atoms with E-state index in [0.29, 0.717) is 0 Å². The summed E-state index contributed by atoms with van der Waals surface area (Å²) in [5.74, 6) is 0.304. The summed E-state index contributed by atoms with van der Waals surface area (Å²) in [4.78, 5) is 11.8. The molecule has 0 aromatic rings. The first-order valence-electron chi connectivity index (χ1n) is 5.50. The van der Waals surface area contributed by atoms with E-state index < -0.39 is 0 Å². The molecular weight excluding hydrogens is 228 g/mol. The summed E-state index contributed by atoms with van der Waals surface area (Å²) in [6.07, 6.45) is 6.02. The van der Waals surface area contributed by atoms with E-state index in [1.165, 1.54) is 0 Å². The largest absolute Gasteiger partial charge is 0.378 e. The van der Waals surface area contributed by atoms with Gasteiger partial charge in [0.1, 0.15) is 0 Å². The zero-order valence-corrected chi connectivity index (χ0v) is 10.3. The highest BCUT2D eigenvalue weighted by Gasteiger charge is 2.30. The van der Waals surface area contributed by atoms with Gasteiger partial charge in [0.15, 0.2) is 0 Å². The molecule has 0 aromatic carbocycles. The Hall–Kier alpha value is -0.580. The maximum Gasteiger partial charge on any atom is 0.224 e. The molecule has 0 spiro atoms. The first-order valence-corrected chi connectivity index (χ1v) is 5.50. The molecule has 2 rings (SSSR count). The second kappa shape index (κ2) is 6.23. The third-order valence-corrected chi connectivity index (χ3v) is 3.17. The molecule has 16 heavy (non-hydrogen) atoms. The third kappa shape index (κ3) is 2.97. The quantitative estimate of drug-likeness (QED) is 0.713. The molecule has 1 heterocycles. The fourth-order valence-corrected chi connectivity index (χ4v) is 2.18. The van der Waals surface area contributed by atoms with E-state index in [2.05, 4.69) is 22.8 Å². The Morgan fingerprint density at radius 3 is 2.69 bits per heavy atom. The summed E-state index contributed by atoms with van der Waals surface area (Å²) < 4.78 is 5.29. The van der Waals surface area contributed by atoms with Crippen LogP contribution in [-0.2, 0) is 9.53 Å². The Morgan fingerprint density at radius 2 is 2.06 bits per heavy atom. The second-order valence-electron chi connectivity index (χ2n) is 4.19. The number of methoxy groups -OCH3 is 1. The Morgan fingerprint density at radius 1 is 1.38 bits per heavy atom. The molecule has 1 aliphatic carbocycles. The highest BCUT2D eigenvalue weighted by molar-refractivity contribution is 5.85. The van der Waals surface area contributed by atoms with E-state index in [1.807, 2.05) is 0 Å². The van der Waals surface area contributed by atoms with Gasteiger partial charge >= 0.3 is 0 Å². The molecule has 1 amide bonds. The van der Waals surface area contributed by atoms with Crippen LogP contribution in [-0.4, -0.2) is 38.3 Å². The summed E-state index contributed by atoms with van der Waals surface area (Å²) >= 11 is 0. The van der Waals surface area contributed by atoms with E-state index in [4.69, 9.17) is 4.74 Å². The fourth-order valence-electron chi connectivity index (χ4n) is 2.18. The maximum absolute atomic E-state index is 11.8. The molecule has 5 heteroatoms. The van der Waals surface area contributed by atoms with Crippen molar-refractivity contribution in [2.24, 2.45) is 5.92 Å². The molecule has 1 fully saturated rings. The number of carbonyl (C=O) groups is 1. The van der Waals surface area contributed by atoms with Crippen molar-refractivity contribution < 1.29 is 9.53 Å². The molecule has 0 aromatic heterocycles. The maximum atomic E-state index is 11.8. The highest BCUT2D eigenvalue weighted by Crippen LogP contribution is 2.18. The molecule has 2 unspecified atom stereocenters. The summed E-state index contributed by atoms with van der Waals surface area (Å²) in [5.41, 5.74) is 0. The van der Waals surface area contributed by atoms with Gasteiger partial charge < -0.3 is 15.4 Å². The number of ether oxygens (including phenoxy) is 1. The number of halogens is 1. The zero-order valence-electron chi connectivity index (χ0n) is 9.44. The highest BCUT2D eigenvalue weighted by atomic mass is 35.5. The third-order valence-electron chi connectivity index (χ3n) is 3.17. The van der Waals surface area contributed by atoms with Gasteiger partial charge in [-0.1, -0.05) is 12.2 Å². The summed E-state index contributed by atoms with van der Waals surface area (Å²) in [7, 11) is 1.69. The average molecular weight is 247 g/mol. The van der Waals surface area contributed by atoms with Crippen molar-refractivity contribution >= 4 is 18.3 Å². The average Bonchev–Trinajstić information content (AvgIpc) is 2.87. The Kier molecular flexibility index (Phi) is 5.25. The minimum absolute atomic E-state index is 0. The van der Waals surface area contributed by atoms with Gasteiger partial charge in [-0.3, -0.25) is 4.79 Å². The van der Waals surface area contributed by atoms with Crippen molar-refractivity contribution in [1.82, 2.24) is 10.6 Å². The van der Waals surface area contributed by atoms with Crippen LogP contribution in [0.4, 0.5) is 0 Å². The number of carbonyl (C=O) groups excluding carboxylic acids is 1. The van der Waals surface area contributed by atoms with Crippen LogP contribution in [0.2, 0.25) is 0 Å². The Labute approximate surface area is 102 Å². The zero-order chi connectivity index (χ0) is 10.7. The molecule has 0 bridgehead atoms. The minimum atomic E-state index is 0. The standard InChI is InChI=1S/C11H18N2O2.ClH/c1-15-10-7-12-6-9(10)13-11(14)8-4-2-3-5-8;/h2-3,8-10,12H,4-7H2,1H3,(H,13,14);1H. The Bertz CT molecular complexity index is 263. The van der Waals surface area contributed by atoms with Gasteiger partial charge in [0.05, 0.1) is 12.1 Å². The molecule has 4 nitrogen and oxygen atoms in total. The van der Waals surface area contributed by atoms with Gasteiger partial charge in [-0.2, -0.15) is 0 Å². The number of allylic oxidation sites excluding steroid dienone is 2. The van der Waals surface area contributed by atoms with Crippen molar-refractivity contribution in [3.05, 3.63) is 12.2 Å². The van der Waals surface area contributed by atoms with E-state index >= 15 is 0 Å². The number of amides is 1. The lowest BCUT2D eigenvalue weighted by Crippen LogP contribution is -2.45. The van der Waals surface area contributed by atoms with E-state index in [-0.39, 0.29) is 36.4 Å². The normalized spacial score (nSPS) is 29.1. The topological polar surface area (TPSA) is 50.4 Å². The number of rotatable bonds is 3. The lowest BCUT2D eigenvalue weighted by atomic mass is 10.1. The molecule has 92 valence electrons. The van der Waals surface area contributed by atoms with Gasteiger partial charge in [0, 0.05) is 26.1 Å². The van der Waals surface area contributed by atoms with Gasteiger partial charge in [-0.25, -0.2) is 0 Å². The SMILES string of the molecule is COC1CNCC1NC(=O)C1CC=CC1.Cl. The van der Waals surface area contributed by atoms with Crippen molar-refractivity contribution in [2.45, 2.75) is 25.0 Å². The van der Waals surface area contributed by atoms with Crippen LogP contribution in [0, 0.1) is 5.92 Å². The summed E-state index contributed by atoms with van der Waals surface area (Å²) in [6, 6.07) is 0.128. The second-order valence-corrected chi connectivity index (χ2v) is 4.19. The van der Waals surface area contributed by atoms with E-state index in [1.54, 1.807) is 7.11 Å². The molecule has 1 saturated heterocycles. The Balaban J connectivity index is 0.00000128. The van der Waals surface area contributed by atoms with Gasteiger partial charge in [-0.05, 0) is 12.8 Å². The molecule has 2 aliphatic rings. The van der Waals surface area contributed by atoms with Crippen LogP contribution >= 0.6 is 12.4 Å². The van der Waals surface area contributed by atoms with Crippen LogP contribution in [0.5, 0.6) is 0 Å². The minimum Gasteiger partial charge on any atom is -0.378 e. The monoisotopic (exact) mass is 246 g/mol. The lowest BCUT2D eigenvalue weighted by molar-refractivity contribution is -0.126. The molecule has 2 atom stereocenters. The van der Waals surface area contributed by atoms with Crippen molar-refractivity contribution in [2.75, 3.05) is 20.2 Å². The first-order chi connectivity index (χ1) is 7.31. The van der Waals surface area contributed by atoms with Gasteiger partial charge in [-0.15, -0.1) is 12.4 Å². The van der Waals surface area contributed by atoms with Crippen molar-refractivity contribution in [1.29, 1.82) is 0 Å². The van der Waals surface area contributed by atoms with Crippen molar-refractivity contribution in [3.63, 3.8) is 0 Å². The van der Waals surface area contributed by atoms with Crippen LogP contribution in [0.3, 0.4) is 0 Å². The predicted molar refractivity (Wildman–Crippen MR) is 64.7 cm³/mol. The number of hydrogen-bond donors (Lipinski definition) is 2. The van der Waals surface area contributed by atoms with Crippen molar-refractivity contribution in [3.8, 4) is 0 Å². The molecule has 1 aliphatic heterocycles. The lowest BCUT2D eigenvalue weighted by Gasteiger charge is -2.20. The van der Waals surface area contributed by atoms with Gasteiger partial charge in [0.25, 0.3) is 0 Å². The first kappa shape index (κ1) is 13.5. The van der Waals surface area contributed by atoms with Crippen LogP contribution in [0.1, 0.15) is 12.8 Å². The van der Waals surface area contributed by atoms with Crippen LogP contribution in [0.25, 0.3) is 0 Å². The molecular formula is C11H19ClN2O2.